The topological polar surface area (TPSA) is 58.8 Å². The molecule has 0 unspecified atom stereocenters. The number of anilines is 1. The molecule has 1 aliphatic carbocycles. The van der Waals surface area contributed by atoms with Crippen molar-refractivity contribution < 1.29 is 23.6 Å². The second-order valence-corrected chi connectivity index (χ2v) is 14.6. The Balaban J connectivity index is 1.47. The van der Waals surface area contributed by atoms with Gasteiger partial charge in [0.15, 0.2) is 5.71 Å². The third-order valence-electron chi connectivity index (χ3n) is 10.3. The van der Waals surface area contributed by atoms with E-state index in [0.717, 1.165) is 90.3 Å². The first-order chi connectivity index (χ1) is 23.4. The molecule has 0 fully saturated rings. The number of hydrogen-bond donors (Lipinski definition) is 0. The fourth-order valence-corrected chi connectivity index (χ4v) is 7.73. The minimum absolute atomic E-state index is 0.285. The van der Waals surface area contributed by atoms with Crippen LogP contribution < -0.4 is 4.90 Å². The molecule has 0 N–H and O–H groups in total. The lowest BCUT2D eigenvalue weighted by atomic mass is 9.80. The van der Waals surface area contributed by atoms with E-state index in [2.05, 4.69) is 87.5 Å². The fourth-order valence-electron chi connectivity index (χ4n) is 7.42. The maximum Gasteiger partial charge on any atom is 0.338 e. The highest BCUT2D eigenvalue weighted by Crippen LogP contribution is 2.49. The molecule has 0 aromatic heterocycles. The van der Waals surface area contributed by atoms with Crippen LogP contribution in [0.5, 0.6) is 0 Å². The smallest absolute Gasteiger partial charge is 0.338 e. The minimum atomic E-state index is -0.320. The molecule has 0 amide bonds. The van der Waals surface area contributed by atoms with E-state index in [-0.39, 0.29) is 22.8 Å². The van der Waals surface area contributed by atoms with E-state index >= 15 is 0 Å². The Morgan fingerprint density at radius 1 is 0.878 bits per heavy atom. The molecule has 0 atom stereocenters. The number of allylic oxidation sites excluding steroid dienone is 8. The predicted molar refractivity (Wildman–Crippen MR) is 201 cm³/mol. The molecular formula is C42H52ClN2O4+. The number of carbonyl (C=O) groups excluding carboxylic acids is 2. The summed E-state index contributed by atoms with van der Waals surface area (Å²) in [5, 5.41) is 0.813. The summed E-state index contributed by atoms with van der Waals surface area (Å²) in [4.78, 5) is 27.4. The average Bonchev–Trinajstić information content (AvgIpc) is 3.62. The van der Waals surface area contributed by atoms with Crippen LogP contribution in [0.15, 0.2) is 82.6 Å². The maximum absolute atomic E-state index is 12.6. The van der Waals surface area contributed by atoms with Gasteiger partial charge in [-0.15, -0.1) is 0 Å². The molecule has 2 aliphatic heterocycles. The van der Waals surface area contributed by atoms with Gasteiger partial charge in [-0.25, -0.2) is 9.59 Å². The van der Waals surface area contributed by atoms with Gasteiger partial charge in [0.25, 0.3) is 0 Å². The molecule has 0 radical (unpaired) electrons. The van der Waals surface area contributed by atoms with E-state index in [1.54, 1.807) is 0 Å². The third kappa shape index (κ3) is 6.94. The van der Waals surface area contributed by atoms with Crippen molar-refractivity contribution in [1.82, 2.24) is 0 Å². The van der Waals surface area contributed by atoms with Crippen LogP contribution in [-0.4, -0.2) is 49.0 Å². The first-order valence-corrected chi connectivity index (χ1v) is 18.2. The van der Waals surface area contributed by atoms with Gasteiger partial charge in [0.1, 0.15) is 6.54 Å². The summed E-state index contributed by atoms with van der Waals surface area (Å²) in [5.74, 6) is -0.605. The van der Waals surface area contributed by atoms with Gasteiger partial charge in [-0.3, -0.25) is 0 Å². The molecular weight excluding hydrogens is 632 g/mol. The van der Waals surface area contributed by atoms with Gasteiger partial charge < -0.3 is 14.4 Å². The van der Waals surface area contributed by atoms with Crippen LogP contribution >= 0.6 is 11.6 Å². The third-order valence-corrected chi connectivity index (χ3v) is 10.8. The number of esters is 2. The standard InChI is InChI=1S/C42H52ClN2O4/c1-9-12-24-44-34-20-16-30(39(46)48-8)26-32(34)41(4,5)36(44)22-18-28-14-15-29(38(28)43)19-23-37-42(6,7)33-27-31(40(47)49-11-3)17-21-35(33)45(37)25-13-10-2/h16-23,26-27H,9-15,24-25H2,1-8H3/q+1. The lowest BCUT2D eigenvalue weighted by Crippen LogP contribution is -2.28. The van der Waals surface area contributed by atoms with Crippen LogP contribution in [0.2, 0.25) is 0 Å². The van der Waals surface area contributed by atoms with E-state index in [1.807, 2.05) is 31.2 Å². The summed E-state index contributed by atoms with van der Waals surface area (Å²) in [6.07, 6.45) is 14.9. The number of nitrogens with zero attached hydrogens (tertiary/aromatic N) is 2. The van der Waals surface area contributed by atoms with E-state index < -0.39 is 0 Å². The fraction of sp³-hybridized carbons (Fsp3) is 0.452. The van der Waals surface area contributed by atoms with Crippen molar-refractivity contribution in [2.24, 2.45) is 0 Å². The quantitative estimate of drug-likeness (QED) is 0.165. The average molecular weight is 684 g/mol. The second kappa shape index (κ2) is 14.9. The molecule has 6 nitrogen and oxygen atoms in total. The van der Waals surface area contributed by atoms with Crippen LogP contribution in [0.3, 0.4) is 0 Å². The molecule has 2 heterocycles. The van der Waals surface area contributed by atoms with Crippen molar-refractivity contribution in [3.8, 4) is 0 Å². The number of carbonyl (C=O) groups is 2. The molecule has 5 rings (SSSR count). The number of benzene rings is 2. The summed E-state index contributed by atoms with van der Waals surface area (Å²) < 4.78 is 12.7. The van der Waals surface area contributed by atoms with Crippen molar-refractivity contribution in [2.75, 3.05) is 31.7 Å². The molecule has 3 aliphatic rings. The lowest BCUT2D eigenvalue weighted by Gasteiger charge is -2.27. The highest BCUT2D eigenvalue weighted by molar-refractivity contribution is 6.33. The number of methoxy groups -OCH3 is 1. The minimum Gasteiger partial charge on any atom is -0.465 e. The predicted octanol–water partition coefficient (Wildman–Crippen LogP) is 10.1. The Morgan fingerprint density at radius 3 is 2.27 bits per heavy atom. The Kier molecular flexibility index (Phi) is 11.1. The molecule has 0 bridgehead atoms. The SMILES string of the molecule is CCCCN1/C(=C/C=C2\CCC(/C=C/C3=[N+](CCCC)c4ccc(C(=O)OC)cc4C3(C)C)=C2Cl)C(C)(C)c2cc(C(=O)OCC)ccc21. The highest BCUT2D eigenvalue weighted by atomic mass is 35.5. The zero-order valence-electron chi connectivity index (χ0n) is 30.5. The summed E-state index contributed by atoms with van der Waals surface area (Å²) in [5.41, 5.74) is 9.80. The number of hydrogen-bond acceptors (Lipinski definition) is 5. The lowest BCUT2D eigenvalue weighted by molar-refractivity contribution is -0.438. The zero-order valence-corrected chi connectivity index (χ0v) is 31.3. The molecule has 260 valence electrons. The van der Waals surface area contributed by atoms with Gasteiger partial charge in [-0.1, -0.05) is 64.3 Å². The number of rotatable bonds is 12. The molecule has 0 spiro atoms. The van der Waals surface area contributed by atoms with Crippen LogP contribution in [0.25, 0.3) is 0 Å². The first-order valence-electron chi connectivity index (χ1n) is 17.9. The Bertz CT molecular complexity index is 1790. The second-order valence-electron chi connectivity index (χ2n) is 14.2. The Labute approximate surface area is 297 Å². The van der Waals surface area contributed by atoms with Crippen molar-refractivity contribution >= 4 is 40.6 Å². The number of ether oxygens (including phenoxy) is 2. The number of unbranched alkanes of at least 4 members (excludes halogenated alkanes) is 2. The summed E-state index contributed by atoms with van der Waals surface area (Å²) in [7, 11) is 1.42. The van der Waals surface area contributed by atoms with Crippen molar-refractivity contribution in [3.05, 3.63) is 105 Å². The van der Waals surface area contributed by atoms with Crippen LogP contribution in [0.1, 0.15) is 119 Å². The molecule has 2 aromatic carbocycles. The largest absolute Gasteiger partial charge is 0.465 e. The molecule has 0 saturated heterocycles. The number of fused-ring (bicyclic) bond motifs is 2. The van der Waals surface area contributed by atoms with Crippen molar-refractivity contribution in [2.45, 2.75) is 97.8 Å². The van der Waals surface area contributed by atoms with E-state index in [0.29, 0.717) is 17.7 Å². The molecule has 2 aromatic rings. The molecule has 7 heteroatoms. The van der Waals surface area contributed by atoms with Crippen LogP contribution in [0, 0.1) is 0 Å². The Morgan fingerprint density at radius 2 is 1.57 bits per heavy atom. The summed E-state index contributed by atoms with van der Waals surface area (Å²) in [6.45, 7) is 17.3. The van der Waals surface area contributed by atoms with Gasteiger partial charge in [-0.05, 0) is 93.2 Å². The Hall–Kier alpha value is -3.90. The van der Waals surface area contributed by atoms with Gasteiger partial charge >= 0.3 is 11.9 Å². The van der Waals surface area contributed by atoms with Crippen molar-refractivity contribution in [1.29, 1.82) is 0 Å². The molecule has 0 saturated carbocycles. The number of halogens is 1. The monoisotopic (exact) mass is 683 g/mol. The van der Waals surface area contributed by atoms with Crippen molar-refractivity contribution in [3.63, 3.8) is 0 Å². The van der Waals surface area contributed by atoms with Gasteiger partial charge in [-0.2, -0.15) is 4.58 Å². The maximum atomic E-state index is 12.6. The van der Waals surface area contributed by atoms with E-state index in [4.69, 9.17) is 21.1 Å². The molecule has 49 heavy (non-hydrogen) atoms. The first kappa shape index (κ1) is 36.4. The summed E-state index contributed by atoms with van der Waals surface area (Å²) in [6, 6.07) is 11.9. The van der Waals surface area contributed by atoms with Crippen LogP contribution in [0.4, 0.5) is 11.4 Å². The summed E-state index contributed by atoms with van der Waals surface area (Å²) >= 11 is 7.12. The zero-order chi connectivity index (χ0) is 35.5. The highest BCUT2D eigenvalue weighted by Gasteiger charge is 2.45. The van der Waals surface area contributed by atoms with Gasteiger partial charge in [0.05, 0.1) is 30.3 Å². The van der Waals surface area contributed by atoms with E-state index in [9.17, 15) is 9.59 Å². The van der Waals surface area contributed by atoms with Crippen LogP contribution in [-0.2, 0) is 20.3 Å². The normalized spacial score (nSPS) is 19.4. The van der Waals surface area contributed by atoms with E-state index in [1.165, 1.54) is 18.5 Å². The van der Waals surface area contributed by atoms with Gasteiger partial charge in [0, 0.05) is 52.5 Å². The van der Waals surface area contributed by atoms with Gasteiger partial charge in [0.2, 0.25) is 5.69 Å².